The molecule has 0 spiro atoms. The lowest BCUT2D eigenvalue weighted by molar-refractivity contribution is -0.114. The zero-order valence-electron chi connectivity index (χ0n) is 16.6. The Bertz CT molecular complexity index is 1290. The van der Waals surface area contributed by atoms with Gasteiger partial charge in [0, 0.05) is 23.7 Å². The van der Waals surface area contributed by atoms with Gasteiger partial charge in [0.25, 0.3) is 5.91 Å². The number of amides is 2. The Labute approximate surface area is 174 Å². The number of rotatable bonds is 5. The third-order valence-corrected chi connectivity index (χ3v) is 5.60. The summed E-state index contributed by atoms with van der Waals surface area (Å²) >= 11 is 0. The number of nitrogens with one attached hydrogen (secondary N) is 3. The SMILES string of the molecule is CC(=O)Nc1ccc(NS(C)(=O)=O)c(C(=O)Nc2ccc3c4c(cccc24)CC3)c1. The first-order chi connectivity index (χ1) is 14.2. The van der Waals surface area contributed by atoms with Crippen molar-refractivity contribution in [2.45, 2.75) is 19.8 Å². The summed E-state index contributed by atoms with van der Waals surface area (Å²) in [5, 5.41) is 7.63. The molecule has 3 aromatic carbocycles. The van der Waals surface area contributed by atoms with Crippen LogP contribution in [0.5, 0.6) is 0 Å². The number of aryl methyl sites for hydroxylation is 2. The fourth-order valence-corrected chi connectivity index (χ4v) is 4.42. The minimum Gasteiger partial charge on any atom is -0.326 e. The first kappa shape index (κ1) is 19.9. The summed E-state index contributed by atoms with van der Waals surface area (Å²) < 4.78 is 25.8. The molecule has 0 radical (unpaired) electrons. The average molecular weight is 423 g/mol. The van der Waals surface area contributed by atoms with E-state index in [-0.39, 0.29) is 17.2 Å². The molecule has 0 unspecified atom stereocenters. The number of hydrogen-bond acceptors (Lipinski definition) is 4. The van der Waals surface area contributed by atoms with Gasteiger partial charge in [-0.3, -0.25) is 14.3 Å². The van der Waals surface area contributed by atoms with Crippen molar-refractivity contribution in [3.63, 3.8) is 0 Å². The zero-order chi connectivity index (χ0) is 21.5. The van der Waals surface area contributed by atoms with Crippen LogP contribution >= 0.6 is 0 Å². The van der Waals surface area contributed by atoms with E-state index >= 15 is 0 Å². The number of carbonyl (C=O) groups excluding carboxylic acids is 2. The van der Waals surface area contributed by atoms with E-state index in [4.69, 9.17) is 0 Å². The van der Waals surface area contributed by atoms with Crippen molar-refractivity contribution in [2.24, 2.45) is 0 Å². The maximum absolute atomic E-state index is 13.1. The molecule has 0 fully saturated rings. The maximum atomic E-state index is 13.1. The summed E-state index contributed by atoms with van der Waals surface area (Å²) in [5.41, 5.74) is 3.80. The normalized spacial score (nSPS) is 12.6. The third kappa shape index (κ3) is 3.99. The minimum atomic E-state index is -3.60. The Morgan fingerprint density at radius 2 is 1.60 bits per heavy atom. The zero-order valence-corrected chi connectivity index (χ0v) is 17.4. The van der Waals surface area contributed by atoms with Crippen LogP contribution in [0.4, 0.5) is 17.1 Å². The number of carbonyl (C=O) groups is 2. The van der Waals surface area contributed by atoms with Crippen molar-refractivity contribution in [1.29, 1.82) is 0 Å². The standard InChI is InChI=1S/C22H21N3O4S/c1-13(26)23-16-9-11-20(25-30(2,28)29)18(12-16)22(27)24-19-10-8-15-7-6-14-4-3-5-17(19)21(14)15/h3-5,8-12,25H,6-7H2,1-2H3,(H,23,26)(H,24,27). The highest BCUT2D eigenvalue weighted by atomic mass is 32.2. The van der Waals surface area contributed by atoms with Crippen molar-refractivity contribution < 1.29 is 18.0 Å². The van der Waals surface area contributed by atoms with Gasteiger partial charge in [-0.2, -0.15) is 0 Å². The maximum Gasteiger partial charge on any atom is 0.257 e. The molecular weight excluding hydrogens is 402 g/mol. The van der Waals surface area contributed by atoms with Crippen LogP contribution in [-0.4, -0.2) is 26.5 Å². The van der Waals surface area contributed by atoms with Crippen LogP contribution in [0.3, 0.4) is 0 Å². The lowest BCUT2D eigenvalue weighted by atomic mass is 10.0. The van der Waals surface area contributed by atoms with Gasteiger partial charge < -0.3 is 10.6 Å². The molecule has 0 bridgehead atoms. The van der Waals surface area contributed by atoms with E-state index in [1.165, 1.54) is 36.2 Å². The molecule has 1 aliphatic carbocycles. The molecule has 0 aromatic heterocycles. The van der Waals surface area contributed by atoms with Gasteiger partial charge in [0.2, 0.25) is 15.9 Å². The summed E-state index contributed by atoms with van der Waals surface area (Å²) in [5.74, 6) is -0.773. The first-order valence-electron chi connectivity index (χ1n) is 9.45. The van der Waals surface area contributed by atoms with E-state index in [1.54, 1.807) is 0 Å². The summed E-state index contributed by atoms with van der Waals surface area (Å²) in [6.07, 6.45) is 2.97. The number of benzene rings is 3. The molecule has 0 saturated carbocycles. The Hall–Kier alpha value is -3.39. The van der Waals surface area contributed by atoms with Crippen molar-refractivity contribution in [2.75, 3.05) is 21.6 Å². The second kappa shape index (κ2) is 7.46. The molecule has 8 heteroatoms. The average Bonchev–Trinajstić information content (AvgIpc) is 3.08. The number of hydrogen-bond donors (Lipinski definition) is 3. The number of anilines is 3. The largest absolute Gasteiger partial charge is 0.326 e. The van der Waals surface area contributed by atoms with Gasteiger partial charge >= 0.3 is 0 Å². The quantitative estimate of drug-likeness (QED) is 0.584. The molecule has 154 valence electrons. The topological polar surface area (TPSA) is 104 Å². The van der Waals surface area contributed by atoms with Crippen LogP contribution in [-0.2, 0) is 27.7 Å². The molecule has 30 heavy (non-hydrogen) atoms. The highest BCUT2D eigenvalue weighted by molar-refractivity contribution is 7.92. The van der Waals surface area contributed by atoms with E-state index in [2.05, 4.69) is 21.4 Å². The van der Waals surface area contributed by atoms with Gasteiger partial charge in [0.15, 0.2) is 0 Å². The van der Waals surface area contributed by atoms with Crippen LogP contribution in [0, 0.1) is 0 Å². The molecule has 0 saturated heterocycles. The molecule has 4 rings (SSSR count). The Morgan fingerprint density at radius 1 is 0.900 bits per heavy atom. The van der Waals surface area contributed by atoms with Crippen molar-refractivity contribution in [3.05, 3.63) is 65.2 Å². The Kier molecular flexibility index (Phi) is 4.95. The lowest BCUT2D eigenvalue weighted by Crippen LogP contribution is -2.18. The molecule has 2 amide bonds. The summed E-state index contributed by atoms with van der Waals surface area (Å²) in [4.78, 5) is 24.5. The first-order valence-corrected chi connectivity index (χ1v) is 11.3. The van der Waals surface area contributed by atoms with Gasteiger partial charge in [-0.25, -0.2) is 8.42 Å². The predicted octanol–water partition coefficient (Wildman–Crippen LogP) is 3.52. The number of sulfonamides is 1. The van der Waals surface area contributed by atoms with E-state index in [1.807, 2.05) is 24.3 Å². The van der Waals surface area contributed by atoms with Crippen molar-refractivity contribution in [1.82, 2.24) is 0 Å². The molecule has 1 aliphatic rings. The molecule has 0 aliphatic heterocycles. The van der Waals surface area contributed by atoms with Crippen LogP contribution in [0.2, 0.25) is 0 Å². The van der Waals surface area contributed by atoms with Crippen LogP contribution in [0.15, 0.2) is 48.5 Å². The van der Waals surface area contributed by atoms with E-state index in [9.17, 15) is 18.0 Å². The predicted molar refractivity (Wildman–Crippen MR) is 119 cm³/mol. The van der Waals surface area contributed by atoms with Crippen LogP contribution in [0.1, 0.15) is 28.4 Å². The second-order valence-corrected chi connectivity index (χ2v) is 9.13. The second-order valence-electron chi connectivity index (χ2n) is 7.38. The Morgan fingerprint density at radius 3 is 2.30 bits per heavy atom. The molecule has 0 atom stereocenters. The van der Waals surface area contributed by atoms with Crippen molar-refractivity contribution in [3.8, 4) is 0 Å². The Balaban J connectivity index is 1.74. The van der Waals surface area contributed by atoms with E-state index in [0.29, 0.717) is 11.4 Å². The smallest absolute Gasteiger partial charge is 0.257 e. The summed E-state index contributed by atoms with van der Waals surface area (Å²) in [6, 6.07) is 14.3. The van der Waals surface area contributed by atoms with Gasteiger partial charge in [0.05, 0.1) is 17.5 Å². The molecule has 0 heterocycles. The van der Waals surface area contributed by atoms with Crippen molar-refractivity contribution >= 4 is 49.7 Å². The highest BCUT2D eigenvalue weighted by Crippen LogP contribution is 2.35. The van der Waals surface area contributed by atoms with E-state index in [0.717, 1.165) is 29.9 Å². The third-order valence-electron chi connectivity index (χ3n) is 5.01. The van der Waals surface area contributed by atoms with E-state index < -0.39 is 15.9 Å². The molecule has 3 aromatic rings. The van der Waals surface area contributed by atoms with Gasteiger partial charge in [0.1, 0.15) is 0 Å². The minimum absolute atomic E-state index is 0.106. The van der Waals surface area contributed by atoms with Gasteiger partial charge in [-0.15, -0.1) is 0 Å². The summed E-state index contributed by atoms with van der Waals surface area (Å²) in [6.45, 7) is 1.36. The van der Waals surface area contributed by atoms with Crippen LogP contribution in [0.25, 0.3) is 10.8 Å². The summed E-state index contributed by atoms with van der Waals surface area (Å²) in [7, 11) is -3.60. The highest BCUT2D eigenvalue weighted by Gasteiger charge is 2.19. The fraction of sp³-hybridized carbons (Fsp3) is 0.182. The van der Waals surface area contributed by atoms with Gasteiger partial charge in [-0.05, 0) is 53.6 Å². The molecule has 7 nitrogen and oxygen atoms in total. The van der Waals surface area contributed by atoms with Crippen LogP contribution < -0.4 is 15.4 Å². The molecular formula is C22H21N3O4S. The molecule has 3 N–H and O–H groups in total. The van der Waals surface area contributed by atoms with Gasteiger partial charge in [-0.1, -0.05) is 24.3 Å². The lowest BCUT2D eigenvalue weighted by Gasteiger charge is -2.15. The monoisotopic (exact) mass is 423 g/mol. The fourth-order valence-electron chi connectivity index (χ4n) is 3.85.